The van der Waals surface area contributed by atoms with E-state index in [0.717, 1.165) is 35.1 Å². The zero-order chi connectivity index (χ0) is 48.6. The number of fused-ring (bicyclic) bond motifs is 3. The number of halogens is 1. The predicted octanol–water partition coefficient (Wildman–Crippen LogP) is 4.35. The monoisotopic (exact) mass is 944 g/mol. The number of ether oxygens (including phenoxy) is 3. The molecule has 0 spiro atoms. The molecular weight excluding hydrogens is 892 g/mol. The number of nitrogens with two attached hydrogens (primary N) is 1. The molecule has 3 aromatic carbocycles. The zero-order valence-corrected chi connectivity index (χ0v) is 38.2. The Morgan fingerprint density at radius 2 is 1.71 bits per heavy atom. The van der Waals surface area contributed by atoms with Gasteiger partial charge in [-0.05, 0) is 73.7 Å². The molecule has 2 bridgehead atoms. The van der Waals surface area contributed by atoms with E-state index in [9.17, 15) is 33.2 Å². The van der Waals surface area contributed by atoms with Crippen molar-refractivity contribution in [3.63, 3.8) is 0 Å². The van der Waals surface area contributed by atoms with E-state index in [1.54, 1.807) is 18.3 Å². The summed E-state index contributed by atoms with van der Waals surface area (Å²) in [6, 6.07) is 15.2. The average Bonchev–Trinajstić information content (AvgIpc) is 3.98. The number of nitrogens with zero attached hydrogens (tertiary/aromatic N) is 5. The number of carbonyl (C=O) groups excluding carboxylic acids is 6. The highest BCUT2D eigenvalue weighted by atomic mass is 19.1. The summed E-state index contributed by atoms with van der Waals surface area (Å²) in [5, 5.41) is 11.0. The number of imide groups is 1. The van der Waals surface area contributed by atoms with Crippen molar-refractivity contribution in [1.29, 1.82) is 0 Å². The molecule has 2 atom stereocenters. The number of nitrogen functional groups attached to an aromatic ring is 1. The Labute approximate surface area is 396 Å². The van der Waals surface area contributed by atoms with Crippen LogP contribution in [-0.4, -0.2) is 114 Å². The number of urea groups is 1. The van der Waals surface area contributed by atoms with Gasteiger partial charge < -0.3 is 40.8 Å². The third kappa shape index (κ3) is 11.0. The van der Waals surface area contributed by atoms with Crippen LogP contribution in [-0.2, 0) is 25.7 Å². The number of rotatable bonds is 14. The fraction of sp³-hybridized carbons (Fsp3) is 0.347. The summed E-state index contributed by atoms with van der Waals surface area (Å²) in [6.07, 6.45) is 8.19. The molecular formula is C49H53FN10O9. The number of imidazole rings is 1. The van der Waals surface area contributed by atoms with Crippen LogP contribution in [0.25, 0.3) is 22.9 Å². The Bertz CT molecular complexity index is 2810. The van der Waals surface area contributed by atoms with Crippen molar-refractivity contribution in [2.45, 2.75) is 57.0 Å². The van der Waals surface area contributed by atoms with E-state index in [2.05, 4.69) is 26.3 Å². The van der Waals surface area contributed by atoms with Crippen LogP contribution in [0.1, 0.15) is 82.2 Å². The Morgan fingerprint density at radius 3 is 2.49 bits per heavy atom. The topological polar surface area (TPSA) is 241 Å². The molecule has 360 valence electrons. The van der Waals surface area contributed by atoms with Gasteiger partial charge in [-0.25, -0.2) is 19.2 Å². The molecule has 0 radical (unpaired) electrons. The zero-order valence-electron chi connectivity index (χ0n) is 38.2. The lowest BCUT2D eigenvalue weighted by Gasteiger charge is -2.28. The highest BCUT2D eigenvalue weighted by molar-refractivity contribution is 6.07. The van der Waals surface area contributed by atoms with Crippen LogP contribution in [0.2, 0.25) is 0 Å². The molecule has 6 N–H and O–H groups in total. The van der Waals surface area contributed by atoms with E-state index in [1.807, 2.05) is 40.8 Å². The van der Waals surface area contributed by atoms with Gasteiger partial charge in [0.05, 0.1) is 63.5 Å². The van der Waals surface area contributed by atoms with Gasteiger partial charge in [0.15, 0.2) is 0 Å². The Balaban J connectivity index is 0.890. The molecule has 1 aliphatic carbocycles. The Kier molecular flexibility index (Phi) is 14.8. The highest BCUT2D eigenvalue weighted by Crippen LogP contribution is 2.39. The molecule has 5 aromatic rings. The maximum absolute atomic E-state index is 13.9. The smallest absolute Gasteiger partial charge is 0.328 e. The van der Waals surface area contributed by atoms with Crippen molar-refractivity contribution in [1.82, 2.24) is 40.5 Å². The van der Waals surface area contributed by atoms with Gasteiger partial charge in [-0.1, -0.05) is 30.3 Å². The first-order chi connectivity index (χ1) is 33.4. The molecule has 3 aliphatic rings. The minimum atomic E-state index is -0.603. The third-order valence-corrected chi connectivity index (χ3v) is 12.3. The van der Waals surface area contributed by atoms with E-state index >= 15 is 0 Å². The van der Waals surface area contributed by atoms with Gasteiger partial charge in [-0.3, -0.25) is 38.6 Å². The summed E-state index contributed by atoms with van der Waals surface area (Å²) < 4.78 is 32.3. The predicted molar refractivity (Wildman–Crippen MR) is 252 cm³/mol. The molecule has 1 saturated carbocycles. The van der Waals surface area contributed by atoms with Gasteiger partial charge in [0, 0.05) is 55.7 Å². The van der Waals surface area contributed by atoms with Crippen LogP contribution < -0.4 is 41.4 Å². The van der Waals surface area contributed by atoms with Crippen LogP contribution >= 0.6 is 0 Å². The molecule has 2 aromatic heterocycles. The summed E-state index contributed by atoms with van der Waals surface area (Å²) in [7, 11) is 2.86. The average molecular weight is 945 g/mol. The fourth-order valence-electron chi connectivity index (χ4n) is 8.81. The van der Waals surface area contributed by atoms with Gasteiger partial charge in [0.2, 0.25) is 17.7 Å². The molecule has 4 heterocycles. The number of benzene rings is 3. The van der Waals surface area contributed by atoms with Crippen molar-refractivity contribution in [2.24, 2.45) is 0 Å². The molecule has 8 rings (SSSR count). The number of nitrogens with one attached hydrogen (secondary N) is 4. The summed E-state index contributed by atoms with van der Waals surface area (Å²) in [6.45, 7) is 0.801. The van der Waals surface area contributed by atoms with Crippen molar-refractivity contribution >= 4 is 58.7 Å². The highest BCUT2D eigenvalue weighted by Gasteiger charge is 2.33. The van der Waals surface area contributed by atoms with E-state index < -0.39 is 23.7 Å². The summed E-state index contributed by atoms with van der Waals surface area (Å²) in [4.78, 5) is 89.6. The van der Waals surface area contributed by atoms with Crippen molar-refractivity contribution in [3.8, 4) is 22.8 Å². The minimum Gasteiger partial charge on any atom is -0.496 e. The lowest BCUT2D eigenvalue weighted by atomic mass is 10.1. The van der Waals surface area contributed by atoms with Crippen molar-refractivity contribution < 1.29 is 47.4 Å². The molecule has 69 heavy (non-hydrogen) atoms. The number of methoxy groups -OCH3 is 2. The van der Waals surface area contributed by atoms with Crippen molar-refractivity contribution in [3.05, 3.63) is 107 Å². The SMILES string of the molecule is COc1ccc(F)cc1C(=O)NCc1ccc(-c2nc3n4c(cnc(N)c24)/C=C/CCN(C(=O)CCOCCNC(=O)c2ccc(OC)c(N4CCC(=O)NC4=O)c2)CC(=O)N[C@@H]2CC[C@@H]3C2)cc1. The second-order valence-corrected chi connectivity index (χ2v) is 16.8. The lowest BCUT2D eigenvalue weighted by molar-refractivity contribution is -0.137. The van der Waals surface area contributed by atoms with E-state index in [4.69, 9.17) is 24.9 Å². The van der Waals surface area contributed by atoms with Crippen LogP contribution in [0.4, 0.5) is 20.7 Å². The Hall–Kier alpha value is -7.87. The normalized spacial score (nSPS) is 17.7. The lowest BCUT2D eigenvalue weighted by Crippen LogP contribution is -2.49. The van der Waals surface area contributed by atoms with Gasteiger partial charge in [-0.2, -0.15) is 0 Å². The maximum atomic E-state index is 13.9. The summed E-state index contributed by atoms with van der Waals surface area (Å²) >= 11 is 0. The maximum Gasteiger partial charge on any atom is 0.328 e. The van der Waals surface area contributed by atoms with E-state index in [-0.39, 0.29) is 105 Å². The molecule has 2 aliphatic heterocycles. The van der Waals surface area contributed by atoms with Crippen LogP contribution in [0.5, 0.6) is 11.5 Å². The first-order valence-corrected chi connectivity index (χ1v) is 22.7. The molecule has 19 nitrogen and oxygen atoms in total. The first-order valence-electron chi connectivity index (χ1n) is 22.7. The standard InChI is InChI=1S/C49H53FN10O9/c1-67-38-15-12-33(50)25-36(38)48(65)54-26-29-6-8-30(9-7-29)43-44-45(51)53-27-35-5-3-4-19-58(28-41(62)55-34-13-10-31(23-34)46(57-43)60(35)44)42(63)17-21-69-22-18-52-47(64)32-11-14-39(68-2)37(24-32)59-20-16-40(61)56-49(59)66/h3,5-9,11-12,14-15,24-25,27,31,34H,4,10,13,16-23,26,28H2,1-2H3,(H2,51,53)(H,52,64)(H,54,65)(H,55,62)(H,56,61,66)/b5-3+/t31-,34-/m1/s1. The second kappa shape index (κ2) is 21.4. The largest absolute Gasteiger partial charge is 0.496 e. The quantitative estimate of drug-likeness (QED) is 0.0978. The first kappa shape index (κ1) is 47.6. The number of anilines is 2. The summed E-state index contributed by atoms with van der Waals surface area (Å²) in [5.74, 6) is -0.619. The molecule has 20 heteroatoms. The molecule has 0 unspecified atom stereocenters. The fourth-order valence-corrected chi connectivity index (χ4v) is 8.81. The van der Waals surface area contributed by atoms with Crippen LogP contribution in [0.3, 0.4) is 0 Å². The van der Waals surface area contributed by atoms with Gasteiger partial charge in [0.25, 0.3) is 11.8 Å². The minimum absolute atomic E-state index is 0.0160. The summed E-state index contributed by atoms with van der Waals surface area (Å²) in [5.41, 5.74) is 10.9. The second-order valence-electron chi connectivity index (χ2n) is 16.8. The number of hydrogen-bond donors (Lipinski definition) is 5. The van der Waals surface area contributed by atoms with Gasteiger partial charge in [-0.15, -0.1) is 0 Å². The number of aromatic nitrogens is 3. The number of carbonyl (C=O) groups is 6. The number of hydrogen-bond acceptors (Lipinski definition) is 12. The number of amides is 7. The van der Waals surface area contributed by atoms with E-state index in [0.29, 0.717) is 47.7 Å². The van der Waals surface area contributed by atoms with Crippen LogP contribution in [0, 0.1) is 5.82 Å². The third-order valence-electron chi connectivity index (χ3n) is 12.3. The van der Waals surface area contributed by atoms with Crippen LogP contribution in [0.15, 0.2) is 72.9 Å². The van der Waals surface area contributed by atoms with Gasteiger partial charge >= 0.3 is 6.03 Å². The van der Waals surface area contributed by atoms with Gasteiger partial charge in [0.1, 0.15) is 40.2 Å². The molecule has 1 saturated heterocycles. The Morgan fingerprint density at radius 1 is 0.913 bits per heavy atom. The molecule has 2 fully saturated rings. The van der Waals surface area contributed by atoms with Crippen molar-refractivity contribution in [2.75, 3.05) is 64.2 Å². The molecule has 7 amide bonds. The van der Waals surface area contributed by atoms with E-state index in [1.165, 1.54) is 42.2 Å².